The van der Waals surface area contributed by atoms with Crippen molar-refractivity contribution >= 4 is 11.6 Å². The average molecular weight is 293 g/mol. The molecule has 0 aromatic carbocycles. The molecule has 1 aliphatic rings. The van der Waals surface area contributed by atoms with Gasteiger partial charge in [0, 0.05) is 31.0 Å². The Morgan fingerprint density at radius 3 is 2.91 bits per heavy atom. The Kier molecular flexibility index (Phi) is 3.04. The van der Waals surface area contributed by atoms with Crippen LogP contribution in [-0.4, -0.2) is 33.3 Å². The van der Waals surface area contributed by atoms with Gasteiger partial charge in [0.15, 0.2) is 0 Å². The minimum atomic E-state index is -0.0207. The lowest BCUT2D eigenvalue weighted by Gasteiger charge is -2.22. The molecule has 0 unspecified atom stereocenters. The highest BCUT2D eigenvalue weighted by Gasteiger charge is 2.19. The van der Waals surface area contributed by atoms with Crippen molar-refractivity contribution in [1.29, 1.82) is 0 Å². The Balaban J connectivity index is 1.68. The van der Waals surface area contributed by atoms with Gasteiger partial charge in [-0.15, -0.1) is 0 Å². The minimum absolute atomic E-state index is 0.0207. The first-order chi connectivity index (χ1) is 10.8. The maximum atomic E-state index is 12.5. The number of pyridine rings is 1. The Hall–Kier alpha value is -2.82. The van der Waals surface area contributed by atoms with Crippen LogP contribution in [0.15, 0.2) is 59.5 Å². The van der Waals surface area contributed by atoms with Gasteiger partial charge >= 0.3 is 0 Å². The number of hydrogen-bond donors (Lipinski definition) is 0. The molecule has 5 nitrogen and oxygen atoms in total. The Labute approximate surface area is 127 Å². The number of aromatic nitrogens is 2. The first kappa shape index (κ1) is 12.9. The third kappa shape index (κ3) is 2.20. The summed E-state index contributed by atoms with van der Waals surface area (Å²) in [5.41, 5.74) is 2.19. The maximum Gasteiger partial charge on any atom is 0.274 e. The van der Waals surface area contributed by atoms with E-state index in [9.17, 15) is 4.79 Å². The number of carbonyl (C=O) groups excluding carboxylic acids is 1. The number of imidazole rings is 1. The lowest BCUT2D eigenvalue weighted by atomic mass is 10.2. The van der Waals surface area contributed by atoms with Gasteiger partial charge in [-0.25, -0.2) is 4.98 Å². The van der Waals surface area contributed by atoms with Crippen molar-refractivity contribution in [2.24, 2.45) is 0 Å². The summed E-state index contributed by atoms with van der Waals surface area (Å²) in [6, 6.07) is 7.60. The molecule has 4 heterocycles. The Morgan fingerprint density at radius 1 is 1.18 bits per heavy atom. The van der Waals surface area contributed by atoms with Gasteiger partial charge in [0.1, 0.15) is 17.1 Å². The normalized spacial score (nSPS) is 14.6. The molecular formula is C17H15N3O2. The van der Waals surface area contributed by atoms with Crippen LogP contribution < -0.4 is 0 Å². The highest BCUT2D eigenvalue weighted by Crippen LogP contribution is 2.21. The fourth-order valence-electron chi connectivity index (χ4n) is 2.67. The topological polar surface area (TPSA) is 50.8 Å². The third-order valence-corrected chi connectivity index (χ3v) is 3.82. The zero-order valence-corrected chi connectivity index (χ0v) is 12.0. The van der Waals surface area contributed by atoms with Crippen molar-refractivity contribution in [3.8, 4) is 11.3 Å². The van der Waals surface area contributed by atoms with E-state index in [1.54, 1.807) is 12.5 Å². The van der Waals surface area contributed by atoms with Gasteiger partial charge in [-0.2, -0.15) is 0 Å². The molecular weight excluding hydrogens is 278 g/mol. The van der Waals surface area contributed by atoms with Crippen molar-refractivity contribution in [3.63, 3.8) is 0 Å². The molecule has 4 rings (SSSR count). The summed E-state index contributed by atoms with van der Waals surface area (Å²) in [6.45, 7) is 1.41. The van der Waals surface area contributed by atoms with E-state index in [0.717, 1.165) is 29.9 Å². The molecule has 0 bridgehead atoms. The van der Waals surface area contributed by atoms with Crippen molar-refractivity contribution in [3.05, 3.63) is 60.8 Å². The first-order valence-corrected chi connectivity index (χ1v) is 7.28. The number of carbonyl (C=O) groups is 1. The first-order valence-electron chi connectivity index (χ1n) is 7.28. The minimum Gasteiger partial charge on any atom is -0.464 e. The molecule has 0 saturated carbocycles. The standard InChI is InChI=1S/C17H15N3O2/c21-17(19-8-2-1-3-9-19)14-12-20-11-13(6-7-16(20)18-14)15-5-4-10-22-15/h1-2,4-7,10-12H,3,8-9H2. The summed E-state index contributed by atoms with van der Waals surface area (Å²) in [7, 11) is 0. The molecule has 0 aliphatic carbocycles. The molecule has 110 valence electrons. The van der Waals surface area contributed by atoms with Crippen LogP contribution in [0.1, 0.15) is 16.9 Å². The summed E-state index contributed by atoms with van der Waals surface area (Å²) < 4.78 is 7.27. The molecule has 1 aliphatic heterocycles. The zero-order valence-electron chi connectivity index (χ0n) is 12.0. The molecule has 0 atom stereocenters. The summed E-state index contributed by atoms with van der Waals surface area (Å²) in [6.07, 6.45) is 10.4. The van der Waals surface area contributed by atoms with E-state index in [4.69, 9.17) is 4.42 Å². The molecule has 0 N–H and O–H groups in total. The van der Waals surface area contributed by atoms with Crippen LogP contribution in [0.3, 0.4) is 0 Å². The van der Waals surface area contributed by atoms with E-state index in [2.05, 4.69) is 11.1 Å². The number of fused-ring (bicyclic) bond motifs is 1. The number of rotatable bonds is 2. The lowest BCUT2D eigenvalue weighted by molar-refractivity contribution is 0.0766. The molecule has 0 saturated heterocycles. The third-order valence-electron chi connectivity index (χ3n) is 3.82. The predicted octanol–water partition coefficient (Wildman–Crippen LogP) is 3.00. The molecule has 22 heavy (non-hydrogen) atoms. The van der Waals surface area contributed by atoms with Crippen LogP contribution in [0.4, 0.5) is 0 Å². The summed E-state index contributed by atoms with van der Waals surface area (Å²) >= 11 is 0. The zero-order chi connectivity index (χ0) is 14.9. The van der Waals surface area contributed by atoms with Gasteiger partial charge in [-0.05, 0) is 30.7 Å². The van der Waals surface area contributed by atoms with Crippen molar-refractivity contribution in [1.82, 2.24) is 14.3 Å². The summed E-state index contributed by atoms with van der Waals surface area (Å²) in [5, 5.41) is 0. The SMILES string of the molecule is O=C(c1cn2cc(-c3ccco3)ccc2n1)N1CC=CCC1. The molecule has 0 radical (unpaired) electrons. The van der Waals surface area contributed by atoms with Crippen molar-refractivity contribution < 1.29 is 9.21 Å². The van der Waals surface area contributed by atoms with E-state index >= 15 is 0 Å². The highest BCUT2D eigenvalue weighted by molar-refractivity contribution is 5.93. The second-order valence-corrected chi connectivity index (χ2v) is 5.30. The number of furan rings is 1. The van der Waals surface area contributed by atoms with Crippen LogP contribution in [-0.2, 0) is 0 Å². The molecule has 0 fully saturated rings. The van der Waals surface area contributed by atoms with E-state index in [1.807, 2.05) is 45.8 Å². The predicted molar refractivity (Wildman–Crippen MR) is 82.6 cm³/mol. The van der Waals surface area contributed by atoms with Gasteiger partial charge in [-0.3, -0.25) is 4.79 Å². The monoisotopic (exact) mass is 293 g/mol. The van der Waals surface area contributed by atoms with E-state index in [1.165, 1.54) is 0 Å². The molecule has 3 aromatic heterocycles. The van der Waals surface area contributed by atoms with Gasteiger partial charge in [-0.1, -0.05) is 12.2 Å². The van der Waals surface area contributed by atoms with E-state index in [0.29, 0.717) is 12.2 Å². The van der Waals surface area contributed by atoms with E-state index in [-0.39, 0.29) is 5.91 Å². The van der Waals surface area contributed by atoms with Gasteiger partial charge in [0.2, 0.25) is 0 Å². The second kappa shape index (κ2) is 5.18. The quantitative estimate of drug-likeness (QED) is 0.682. The molecule has 3 aromatic rings. The summed E-state index contributed by atoms with van der Waals surface area (Å²) in [5.74, 6) is 0.775. The van der Waals surface area contributed by atoms with Crippen LogP contribution in [0.2, 0.25) is 0 Å². The number of amides is 1. The lowest BCUT2D eigenvalue weighted by Crippen LogP contribution is -2.33. The van der Waals surface area contributed by atoms with Crippen LogP contribution >= 0.6 is 0 Å². The smallest absolute Gasteiger partial charge is 0.274 e. The summed E-state index contributed by atoms with van der Waals surface area (Å²) in [4.78, 5) is 18.7. The average Bonchev–Trinajstić information content (AvgIpc) is 3.23. The maximum absolute atomic E-state index is 12.5. The second-order valence-electron chi connectivity index (χ2n) is 5.30. The fraction of sp³-hybridized carbons (Fsp3) is 0.176. The van der Waals surface area contributed by atoms with Crippen molar-refractivity contribution in [2.45, 2.75) is 6.42 Å². The largest absolute Gasteiger partial charge is 0.464 e. The van der Waals surface area contributed by atoms with E-state index < -0.39 is 0 Å². The number of hydrogen-bond acceptors (Lipinski definition) is 3. The Bertz CT molecular complexity index is 846. The van der Waals surface area contributed by atoms with Crippen LogP contribution in [0.25, 0.3) is 17.0 Å². The van der Waals surface area contributed by atoms with Crippen LogP contribution in [0, 0.1) is 0 Å². The molecule has 1 amide bonds. The molecule has 5 heteroatoms. The Morgan fingerprint density at radius 2 is 2.14 bits per heavy atom. The van der Waals surface area contributed by atoms with Crippen molar-refractivity contribution in [2.75, 3.05) is 13.1 Å². The van der Waals surface area contributed by atoms with Gasteiger partial charge < -0.3 is 13.7 Å². The van der Waals surface area contributed by atoms with Gasteiger partial charge in [0.25, 0.3) is 5.91 Å². The highest BCUT2D eigenvalue weighted by atomic mass is 16.3. The number of nitrogens with zero attached hydrogens (tertiary/aromatic N) is 3. The van der Waals surface area contributed by atoms with Gasteiger partial charge in [0.05, 0.1) is 6.26 Å². The van der Waals surface area contributed by atoms with Crippen LogP contribution in [0.5, 0.6) is 0 Å². The molecule has 0 spiro atoms. The fourth-order valence-corrected chi connectivity index (χ4v) is 2.67.